The van der Waals surface area contributed by atoms with Gasteiger partial charge in [-0.3, -0.25) is 14.5 Å². The van der Waals surface area contributed by atoms with E-state index in [9.17, 15) is 9.59 Å². The molecule has 0 aromatic carbocycles. The van der Waals surface area contributed by atoms with Crippen LogP contribution in [0.2, 0.25) is 0 Å². The summed E-state index contributed by atoms with van der Waals surface area (Å²) in [6.45, 7) is 10.1. The maximum absolute atomic E-state index is 11.5. The predicted molar refractivity (Wildman–Crippen MR) is 79.6 cm³/mol. The fourth-order valence-corrected chi connectivity index (χ4v) is 2.52. The van der Waals surface area contributed by atoms with Crippen LogP contribution in [0.15, 0.2) is 0 Å². The van der Waals surface area contributed by atoms with Crippen molar-refractivity contribution in [2.75, 3.05) is 26.2 Å². The zero-order valence-electron chi connectivity index (χ0n) is 13.6. The Kier molecular flexibility index (Phi) is 7.11. The fraction of sp³-hybridized carbons (Fsp3) is 0.867. The Hall–Kier alpha value is -1.14. The monoisotopic (exact) mass is 300 g/mol. The van der Waals surface area contributed by atoms with Gasteiger partial charge >= 0.3 is 5.97 Å². The average molecular weight is 300 g/mol. The molecule has 0 aliphatic carbocycles. The van der Waals surface area contributed by atoms with E-state index < -0.39 is 0 Å². The molecule has 0 spiro atoms. The summed E-state index contributed by atoms with van der Waals surface area (Å²) < 4.78 is 10.9. The predicted octanol–water partition coefficient (Wildman–Crippen LogP) is 1.15. The summed E-state index contributed by atoms with van der Waals surface area (Å²) in [5.41, 5.74) is -0.303. The van der Waals surface area contributed by atoms with E-state index in [1.807, 2.05) is 27.7 Å². The van der Waals surface area contributed by atoms with Gasteiger partial charge < -0.3 is 14.8 Å². The van der Waals surface area contributed by atoms with Crippen molar-refractivity contribution in [3.05, 3.63) is 0 Å². The molecule has 1 atom stereocenters. The largest absolute Gasteiger partial charge is 0.465 e. The number of ether oxygens (including phenoxy) is 2. The molecule has 1 amide bonds. The number of likely N-dealkylation sites (tertiary alicyclic amines) is 1. The van der Waals surface area contributed by atoms with Gasteiger partial charge in [0.15, 0.2) is 0 Å². The van der Waals surface area contributed by atoms with Crippen molar-refractivity contribution in [3.8, 4) is 0 Å². The molecule has 1 fully saturated rings. The lowest BCUT2D eigenvalue weighted by Crippen LogP contribution is -2.48. The summed E-state index contributed by atoms with van der Waals surface area (Å²) in [6, 6.07) is 0. The van der Waals surface area contributed by atoms with Crippen LogP contribution in [0.3, 0.4) is 0 Å². The van der Waals surface area contributed by atoms with Crippen LogP contribution in [0, 0.1) is 5.92 Å². The molecule has 0 bridgehead atoms. The summed E-state index contributed by atoms with van der Waals surface area (Å²) >= 11 is 0. The summed E-state index contributed by atoms with van der Waals surface area (Å²) in [7, 11) is 0. The van der Waals surface area contributed by atoms with E-state index in [4.69, 9.17) is 9.47 Å². The first kappa shape index (κ1) is 17.9. The molecule has 0 aromatic rings. The van der Waals surface area contributed by atoms with Crippen molar-refractivity contribution in [1.82, 2.24) is 10.2 Å². The molecule has 0 radical (unpaired) electrons. The first-order valence-electron chi connectivity index (χ1n) is 7.61. The zero-order valence-corrected chi connectivity index (χ0v) is 13.6. The number of hydrogen-bond donors (Lipinski definition) is 1. The third kappa shape index (κ3) is 6.91. The highest BCUT2D eigenvalue weighted by Crippen LogP contribution is 2.24. The Morgan fingerprint density at radius 3 is 2.48 bits per heavy atom. The molecule has 6 heteroatoms. The molecule has 1 heterocycles. The van der Waals surface area contributed by atoms with Crippen LogP contribution < -0.4 is 5.32 Å². The number of amides is 1. The molecular formula is C15H28N2O4. The molecular weight excluding hydrogens is 272 g/mol. The second kappa shape index (κ2) is 8.34. The topological polar surface area (TPSA) is 67.9 Å². The normalized spacial score (nSPS) is 19.0. The minimum Gasteiger partial charge on any atom is -0.465 e. The highest BCUT2D eigenvalue weighted by Gasteiger charge is 2.30. The third-order valence-electron chi connectivity index (χ3n) is 3.43. The van der Waals surface area contributed by atoms with Gasteiger partial charge in [-0.15, -0.1) is 0 Å². The molecule has 1 saturated heterocycles. The van der Waals surface area contributed by atoms with E-state index in [1.165, 1.54) is 0 Å². The summed E-state index contributed by atoms with van der Waals surface area (Å²) in [6.07, 6.45) is 2.20. The van der Waals surface area contributed by atoms with Gasteiger partial charge in [-0.1, -0.05) is 0 Å². The van der Waals surface area contributed by atoms with Gasteiger partial charge in [-0.25, -0.2) is 0 Å². The first-order chi connectivity index (χ1) is 9.85. The number of nitrogens with zero attached hydrogens (tertiary/aromatic N) is 1. The smallest absolute Gasteiger partial charge is 0.320 e. The number of nitrogens with one attached hydrogen (secondary N) is 1. The Labute approximate surface area is 127 Å². The molecule has 0 saturated carbocycles. The van der Waals surface area contributed by atoms with Crippen molar-refractivity contribution in [1.29, 1.82) is 0 Å². The number of piperidine rings is 1. The van der Waals surface area contributed by atoms with E-state index >= 15 is 0 Å². The van der Waals surface area contributed by atoms with Crippen LogP contribution >= 0.6 is 0 Å². The number of esters is 1. The van der Waals surface area contributed by atoms with Gasteiger partial charge in [-0.05, 0) is 53.6 Å². The number of hydrogen-bond acceptors (Lipinski definition) is 5. The molecule has 1 rings (SSSR count). The maximum Gasteiger partial charge on any atom is 0.320 e. The second-order valence-electron chi connectivity index (χ2n) is 6.35. The molecule has 122 valence electrons. The molecule has 21 heavy (non-hydrogen) atoms. The zero-order chi connectivity index (χ0) is 15.9. The van der Waals surface area contributed by atoms with Crippen molar-refractivity contribution in [2.24, 2.45) is 5.92 Å². The molecule has 1 aliphatic rings. The number of carbonyl (C=O) groups is 2. The highest BCUT2D eigenvalue weighted by molar-refractivity contribution is 5.71. The highest BCUT2D eigenvalue weighted by atomic mass is 16.5. The molecule has 1 unspecified atom stereocenters. The van der Waals surface area contributed by atoms with Crippen LogP contribution in [0.4, 0.5) is 0 Å². The molecule has 6 nitrogen and oxygen atoms in total. The number of rotatable bonds is 7. The lowest BCUT2D eigenvalue weighted by atomic mass is 9.94. The summed E-state index contributed by atoms with van der Waals surface area (Å²) in [4.78, 5) is 24.3. The third-order valence-corrected chi connectivity index (χ3v) is 3.43. The maximum atomic E-state index is 11.5. The fourth-order valence-electron chi connectivity index (χ4n) is 2.52. The van der Waals surface area contributed by atoms with Gasteiger partial charge in [0.25, 0.3) is 0 Å². The van der Waals surface area contributed by atoms with Crippen molar-refractivity contribution >= 4 is 12.4 Å². The minimum atomic E-state index is -0.303. The van der Waals surface area contributed by atoms with Crippen molar-refractivity contribution in [3.63, 3.8) is 0 Å². The van der Waals surface area contributed by atoms with E-state index in [0.717, 1.165) is 25.9 Å². The average Bonchev–Trinajstić information content (AvgIpc) is 2.38. The lowest BCUT2D eigenvalue weighted by Gasteiger charge is -2.37. The van der Waals surface area contributed by atoms with Crippen LogP contribution in [-0.4, -0.2) is 55.3 Å². The minimum absolute atomic E-state index is 0.176. The first-order valence-corrected chi connectivity index (χ1v) is 7.61. The Balaban J connectivity index is 2.45. The van der Waals surface area contributed by atoms with Crippen LogP contribution in [-0.2, 0) is 19.1 Å². The van der Waals surface area contributed by atoms with Crippen LogP contribution in [0.5, 0.6) is 0 Å². The number of carbonyl (C=O) groups excluding carboxylic acids is 2. The molecule has 1 aliphatic heterocycles. The van der Waals surface area contributed by atoms with E-state index in [-0.39, 0.29) is 23.7 Å². The molecule has 0 aromatic heterocycles. The van der Waals surface area contributed by atoms with Gasteiger partial charge in [0.1, 0.15) is 6.23 Å². The SMILES string of the molecule is CCOC(=O)CN1CCC(C(NC=O)OC(C)(C)C)CC1. The quantitative estimate of drug-likeness (QED) is 0.434. The van der Waals surface area contributed by atoms with Crippen molar-refractivity contribution in [2.45, 2.75) is 52.4 Å². The lowest BCUT2D eigenvalue weighted by molar-refractivity contribution is -0.145. The van der Waals surface area contributed by atoms with E-state index in [1.54, 1.807) is 0 Å². The van der Waals surface area contributed by atoms with E-state index in [2.05, 4.69) is 10.2 Å². The van der Waals surface area contributed by atoms with Gasteiger partial charge in [-0.2, -0.15) is 0 Å². The van der Waals surface area contributed by atoms with Crippen LogP contribution in [0.25, 0.3) is 0 Å². The Bertz CT molecular complexity index is 333. The Morgan fingerprint density at radius 2 is 2.00 bits per heavy atom. The van der Waals surface area contributed by atoms with Crippen LogP contribution in [0.1, 0.15) is 40.5 Å². The summed E-state index contributed by atoms with van der Waals surface area (Å²) in [5.74, 6) is 0.0947. The van der Waals surface area contributed by atoms with E-state index in [0.29, 0.717) is 19.6 Å². The molecule has 1 N–H and O–H groups in total. The standard InChI is InChI=1S/C15H28N2O4/c1-5-20-13(19)10-17-8-6-12(7-9-17)14(16-11-18)21-15(2,3)4/h11-12,14H,5-10H2,1-4H3,(H,16,18). The Morgan fingerprint density at radius 1 is 1.38 bits per heavy atom. The summed E-state index contributed by atoms with van der Waals surface area (Å²) in [5, 5.41) is 2.77. The van der Waals surface area contributed by atoms with Gasteiger partial charge in [0.2, 0.25) is 6.41 Å². The second-order valence-corrected chi connectivity index (χ2v) is 6.35. The van der Waals surface area contributed by atoms with Crippen molar-refractivity contribution < 1.29 is 19.1 Å². The van der Waals surface area contributed by atoms with Gasteiger partial charge in [0, 0.05) is 5.92 Å². The van der Waals surface area contributed by atoms with Gasteiger partial charge in [0.05, 0.1) is 18.8 Å².